The van der Waals surface area contributed by atoms with Gasteiger partial charge in [-0.05, 0) is 40.0 Å². The fourth-order valence-corrected chi connectivity index (χ4v) is 2.19. The van der Waals surface area contributed by atoms with Crippen LogP contribution in [0.5, 0.6) is 0 Å². The molecular weight excluding hydrogens is 299 g/mol. The van der Waals surface area contributed by atoms with Crippen LogP contribution in [0.2, 0.25) is 0 Å². The van der Waals surface area contributed by atoms with E-state index in [1.54, 1.807) is 18.3 Å². The lowest BCUT2D eigenvalue weighted by Gasteiger charge is -2.11. The molecule has 1 aromatic carbocycles. The average molecular weight is 313 g/mol. The summed E-state index contributed by atoms with van der Waals surface area (Å²) in [7, 11) is 1.92. The van der Waals surface area contributed by atoms with Crippen molar-refractivity contribution in [3.8, 4) is 0 Å². The third-order valence-electron chi connectivity index (χ3n) is 2.89. The molecule has 5 heteroatoms. The van der Waals surface area contributed by atoms with E-state index in [1.165, 1.54) is 6.07 Å². The maximum absolute atomic E-state index is 13.1. The van der Waals surface area contributed by atoms with Crippen LogP contribution in [0, 0.1) is 5.82 Å². The van der Waals surface area contributed by atoms with Crippen LogP contribution < -0.4 is 0 Å². The average Bonchev–Trinajstić information content (AvgIpc) is 2.75. The summed E-state index contributed by atoms with van der Waals surface area (Å²) in [6.45, 7) is 0. The monoisotopic (exact) mass is 312 g/mol. The molecule has 2 rings (SSSR count). The largest absolute Gasteiger partial charge is 0.388 e. The summed E-state index contributed by atoms with van der Waals surface area (Å²) in [5.41, 5.74) is 0.706. The Kier molecular flexibility index (Phi) is 4.14. The molecule has 1 aromatic heterocycles. The van der Waals surface area contributed by atoms with Crippen molar-refractivity contribution in [2.24, 2.45) is 7.05 Å². The summed E-state index contributed by atoms with van der Waals surface area (Å²) >= 11 is 3.11. The second-order valence-electron chi connectivity index (χ2n) is 4.18. The Morgan fingerprint density at radius 3 is 2.89 bits per heavy atom. The topological polar surface area (TPSA) is 38.0 Å². The van der Waals surface area contributed by atoms with Crippen LogP contribution in [0.25, 0.3) is 0 Å². The standard InChI is InChI=1S/C13H14BrFN2O/c1-17-7-6-16-13(17)5-4-12(18)9-2-3-11(15)10(14)8-9/h2-3,6-8,12,18H,4-5H2,1H3. The minimum atomic E-state index is -0.612. The highest BCUT2D eigenvalue weighted by Gasteiger charge is 2.11. The summed E-state index contributed by atoms with van der Waals surface area (Å²) in [5, 5.41) is 10.0. The van der Waals surface area contributed by atoms with E-state index in [0.717, 1.165) is 5.82 Å². The van der Waals surface area contributed by atoms with Gasteiger partial charge in [-0.1, -0.05) is 6.07 Å². The van der Waals surface area contributed by atoms with Crippen LogP contribution in [-0.4, -0.2) is 14.7 Å². The van der Waals surface area contributed by atoms with Crippen LogP contribution in [-0.2, 0) is 13.5 Å². The predicted molar refractivity (Wildman–Crippen MR) is 70.6 cm³/mol. The maximum atomic E-state index is 13.1. The van der Waals surface area contributed by atoms with Gasteiger partial charge < -0.3 is 9.67 Å². The molecule has 0 aliphatic carbocycles. The molecule has 18 heavy (non-hydrogen) atoms. The summed E-state index contributed by atoms with van der Waals surface area (Å²) in [6, 6.07) is 4.56. The van der Waals surface area contributed by atoms with E-state index >= 15 is 0 Å². The first-order chi connectivity index (χ1) is 8.58. The van der Waals surface area contributed by atoms with Crippen molar-refractivity contribution in [3.63, 3.8) is 0 Å². The molecule has 0 aliphatic heterocycles. The fourth-order valence-electron chi connectivity index (χ4n) is 1.79. The summed E-state index contributed by atoms with van der Waals surface area (Å²) in [5.74, 6) is 0.602. The normalized spacial score (nSPS) is 12.7. The molecule has 1 N–H and O–H groups in total. The predicted octanol–water partition coefficient (Wildman–Crippen LogP) is 2.99. The van der Waals surface area contributed by atoms with Crippen molar-refractivity contribution in [3.05, 3.63) is 52.3 Å². The van der Waals surface area contributed by atoms with Gasteiger partial charge in [-0.3, -0.25) is 0 Å². The number of rotatable bonds is 4. The Labute approximate surface area is 113 Å². The highest BCUT2D eigenvalue weighted by atomic mass is 79.9. The zero-order valence-electron chi connectivity index (χ0n) is 9.98. The number of aromatic nitrogens is 2. The van der Waals surface area contributed by atoms with E-state index in [2.05, 4.69) is 20.9 Å². The molecule has 96 valence electrons. The third-order valence-corrected chi connectivity index (χ3v) is 3.50. The van der Waals surface area contributed by atoms with E-state index in [0.29, 0.717) is 22.9 Å². The number of benzene rings is 1. The molecule has 0 aliphatic rings. The summed E-state index contributed by atoms with van der Waals surface area (Å²) in [4.78, 5) is 4.20. The first kappa shape index (κ1) is 13.2. The molecule has 0 fully saturated rings. The number of imidazole rings is 1. The Morgan fingerprint density at radius 2 is 2.28 bits per heavy atom. The Morgan fingerprint density at radius 1 is 1.50 bits per heavy atom. The zero-order valence-corrected chi connectivity index (χ0v) is 11.6. The van der Waals surface area contributed by atoms with Gasteiger partial charge in [-0.15, -0.1) is 0 Å². The maximum Gasteiger partial charge on any atom is 0.137 e. The molecular formula is C13H14BrFN2O. The van der Waals surface area contributed by atoms with Crippen LogP contribution in [0.4, 0.5) is 4.39 Å². The van der Waals surface area contributed by atoms with Crippen LogP contribution in [0.1, 0.15) is 23.9 Å². The number of aliphatic hydroxyl groups is 1. The number of aliphatic hydroxyl groups excluding tert-OH is 1. The first-order valence-electron chi connectivity index (χ1n) is 5.67. The Hall–Kier alpha value is -1.20. The minimum Gasteiger partial charge on any atom is -0.388 e. The highest BCUT2D eigenvalue weighted by Crippen LogP contribution is 2.24. The minimum absolute atomic E-state index is 0.324. The van der Waals surface area contributed by atoms with Gasteiger partial charge in [0.05, 0.1) is 10.6 Å². The fraction of sp³-hybridized carbons (Fsp3) is 0.308. The quantitative estimate of drug-likeness (QED) is 0.942. The second-order valence-corrected chi connectivity index (χ2v) is 5.04. The molecule has 0 spiro atoms. The molecule has 0 amide bonds. The number of hydrogen-bond donors (Lipinski definition) is 1. The van der Waals surface area contributed by atoms with Gasteiger partial charge in [0.2, 0.25) is 0 Å². The van der Waals surface area contributed by atoms with Crippen LogP contribution in [0.3, 0.4) is 0 Å². The van der Waals surface area contributed by atoms with E-state index in [1.807, 2.05) is 17.8 Å². The lowest BCUT2D eigenvalue weighted by molar-refractivity contribution is 0.166. The molecule has 0 saturated heterocycles. The van der Waals surface area contributed by atoms with Crippen molar-refractivity contribution in [2.45, 2.75) is 18.9 Å². The molecule has 0 radical (unpaired) electrons. The van der Waals surface area contributed by atoms with Crippen LogP contribution >= 0.6 is 15.9 Å². The van der Waals surface area contributed by atoms with E-state index in [4.69, 9.17) is 0 Å². The lowest BCUT2D eigenvalue weighted by atomic mass is 10.0. The molecule has 2 aromatic rings. The Bertz CT molecular complexity index is 542. The molecule has 0 bridgehead atoms. The first-order valence-corrected chi connectivity index (χ1v) is 6.46. The van der Waals surface area contributed by atoms with E-state index in [-0.39, 0.29) is 5.82 Å². The molecule has 1 unspecified atom stereocenters. The van der Waals surface area contributed by atoms with E-state index < -0.39 is 6.10 Å². The summed E-state index contributed by atoms with van der Waals surface area (Å²) in [6.07, 6.45) is 4.23. The molecule has 1 heterocycles. The van der Waals surface area contributed by atoms with Gasteiger partial charge in [0.25, 0.3) is 0 Å². The SMILES string of the molecule is Cn1ccnc1CCC(O)c1ccc(F)c(Br)c1. The van der Waals surface area contributed by atoms with Crippen molar-refractivity contribution in [2.75, 3.05) is 0 Å². The molecule has 3 nitrogen and oxygen atoms in total. The number of halogens is 2. The van der Waals surface area contributed by atoms with Crippen molar-refractivity contribution in [1.82, 2.24) is 9.55 Å². The smallest absolute Gasteiger partial charge is 0.137 e. The number of aryl methyl sites for hydroxylation is 2. The van der Waals surface area contributed by atoms with Crippen molar-refractivity contribution in [1.29, 1.82) is 0 Å². The van der Waals surface area contributed by atoms with Gasteiger partial charge in [0.1, 0.15) is 11.6 Å². The van der Waals surface area contributed by atoms with Crippen molar-refractivity contribution < 1.29 is 9.50 Å². The van der Waals surface area contributed by atoms with Gasteiger partial charge in [-0.2, -0.15) is 0 Å². The highest BCUT2D eigenvalue weighted by molar-refractivity contribution is 9.10. The van der Waals surface area contributed by atoms with Crippen molar-refractivity contribution >= 4 is 15.9 Å². The number of nitrogens with zero attached hydrogens (tertiary/aromatic N) is 2. The Balaban J connectivity index is 2.01. The van der Waals surface area contributed by atoms with Gasteiger partial charge >= 0.3 is 0 Å². The number of hydrogen-bond acceptors (Lipinski definition) is 2. The summed E-state index contributed by atoms with van der Waals surface area (Å²) < 4.78 is 15.4. The second kappa shape index (κ2) is 5.63. The van der Waals surface area contributed by atoms with Gasteiger partial charge in [-0.25, -0.2) is 9.37 Å². The molecule has 0 saturated carbocycles. The van der Waals surface area contributed by atoms with Crippen LogP contribution in [0.15, 0.2) is 35.1 Å². The lowest BCUT2D eigenvalue weighted by Crippen LogP contribution is -2.03. The van der Waals surface area contributed by atoms with Gasteiger partial charge in [0, 0.05) is 25.9 Å². The zero-order chi connectivity index (χ0) is 13.1. The molecule has 1 atom stereocenters. The third kappa shape index (κ3) is 2.97. The van der Waals surface area contributed by atoms with Gasteiger partial charge in [0.15, 0.2) is 0 Å². The van der Waals surface area contributed by atoms with E-state index in [9.17, 15) is 9.50 Å².